The second-order valence-corrected chi connectivity index (χ2v) is 6.53. The lowest BCUT2D eigenvalue weighted by molar-refractivity contribution is -0.123. The summed E-state index contributed by atoms with van der Waals surface area (Å²) in [5, 5.41) is 2.44. The van der Waals surface area contributed by atoms with Crippen molar-refractivity contribution in [3.05, 3.63) is 54.1 Å². The maximum atomic E-state index is 12.3. The van der Waals surface area contributed by atoms with Gasteiger partial charge in [-0.05, 0) is 49.0 Å². The summed E-state index contributed by atoms with van der Waals surface area (Å²) in [5.74, 6) is 0.655. The Bertz CT molecular complexity index is 875. The van der Waals surface area contributed by atoms with E-state index in [9.17, 15) is 9.59 Å². The van der Waals surface area contributed by atoms with Gasteiger partial charge in [0.25, 0.3) is 11.8 Å². The van der Waals surface area contributed by atoms with Crippen molar-refractivity contribution in [3.8, 4) is 17.2 Å². The zero-order valence-corrected chi connectivity index (χ0v) is 17.7. The van der Waals surface area contributed by atoms with E-state index in [1.807, 2.05) is 0 Å². The van der Waals surface area contributed by atoms with Gasteiger partial charge in [0.15, 0.2) is 23.2 Å². The molecule has 8 nitrogen and oxygen atoms in total. The zero-order valence-electron chi connectivity index (χ0n) is 16.9. The average molecular weight is 432 g/mol. The molecule has 0 radical (unpaired) electrons. The SMILES string of the molecule is CCCCOc1cccc(C(=O)NC(=S)NNC(=O)COc2ccccc2OC)c1. The van der Waals surface area contributed by atoms with Crippen LogP contribution in [-0.2, 0) is 4.79 Å². The van der Waals surface area contributed by atoms with Gasteiger partial charge in [-0.2, -0.15) is 0 Å². The van der Waals surface area contributed by atoms with Crippen molar-refractivity contribution in [2.75, 3.05) is 20.3 Å². The molecule has 0 saturated carbocycles. The summed E-state index contributed by atoms with van der Waals surface area (Å²) in [6.07, 6.45) is 1.96. The second kappa shape index (κ2) is 12.3. The van der Waals surface area contributed by atoms with Gasteiger partial charge < -0.3 is 14.2 Å². The Balaban J connectivity index is 1.76. The maximum Gasteiger partial charge on any atom is 0.276 e. The number of nitrogens with one attached hydrogen (secondary N) is 3. The molecule has 2 aromatic rings. The Labute approximate surface area is 180 Å². The number of carbonyl (C=O) groups excluding carboxylic acids is 2. The Morgan fingerprint density at radius 1 is 1.00 bits per heavy atom. The third-order valence-electron chi connectivity index (χ3n) is 3.83. The van der Waals surface area contributed by atoms with Crippen LogP contribution < -0.4 is 30.4 Å². The summed E-state index contributed by atoms with van der Waals surface area (Å²) in [6.45, 7) is 2.40. The Kier molecular flexibility index (Phi) is 9.39. The van der Waals surface area contributed by atoms with E-state index in [0.717, 1.165) is 12.8 Å². The van der Waals surface area contributed by atoms with Gasteiger partial charge in [-0.15, -0.1) is 0 Å². The smallest absolute Gasteiger partial charge is 0.276 e. The van der Waals surface area contributed by atoms with Crippen LogP contribution in [0.25, 0.3) is 0 Å². The minimum atomic E-state index is -0.483. The van der Waals surface area contributed by atoms with E-state index in [2.05, 4.69) is 23.1 Å². The number of amides is 2. The van der Waals surface area contributed by atoms with Gasteiger partial charge in [0.05, 0.1) is 13.7 Å². The lowest BCUT2D eigenvalue weighted by Crippen LogP contribution is -2.49. The summed E-state index contributed by atoms with van der Waals surface area (Å²) >= 11 is 5.03. The Morgan fingerprint density at radius 3 is 2.50 bits per heavy atom. The molecule has 0 spiro atoms. The predicted octanol–water partition coefficient (Wildman–Crippen LogP) is 2.59. The minimum absolute atomic E-state index is 0.0528. The van der Waals surface area contributed by atoms with Gasteiger partial charge >= 0.3 is 0 Å². The zero-order chi connectivity index (χ0) is 21.8. The first-order valence-electron chi connectivity index (χ1n) is 9.42. The molecule has 0 aromatic heterocycles. The van der Waals surface area contributed by atoms with Gasteiger partial charge in [0, 0.05) is 5.56 Å². The van der Waals surface area contributed by atoms with Gasteiger partial charge in [-0.25, -0.2) is 0 Å². The van der Waals surface area contributed by atoms with Crippen LogP contribution in [0.1, 0.15) is 30.1 Å². The molecule has 30 heavy (non-hydrogen) atoms. The highest BCUT2D eigenvalue weighted by atomic mass is 32.1. The molecule has 0 bridgehead atoms. The van der Waals surface area contributed by atoms with Gasteiger partial charge in [-0.1, -0.05) is 31.5 Å². The van der Waals surface area contributed by atoms with Crippen LogP contribution in [0, 0.1) is 0 Å². The fourth-order valence-electron chi connectivity index (χ4n) is 2.31. The number of rotatable bonds is 9. The molecule has 0 atom stereocenters. The summed E-state index contributed by atoms with van der Waals surface area (Å²) in [4.78, 5) is 24.2. The largest absolute Gasteiger partial charge is 0.494 e. The molecule has 0 aliphatic heterocycles. The standard InChI is InChI=1S/C21H25N3O5S/c1-3-4-12-28-16-9-7-8-15(13-16)20(26)22-21(30)24-23-19(25)14-29-18-11-6-5-10-17(18)27-2/h5-11,13H,3-4,12,14H2,1-2H3,(H,23,25)(H2,22,24,26,30). The van der Waals surface area contributed by atoms with Gasteiger partial charge in [0.2, 0.25) is 0 Å². The number of carbonyl (C=O) groups is 2. The number of unbranched alkanes of at least 4 members (excludes halogenated alkanes) is 1. The van der Waals surface area contributed by atoms with E-state index in [1.165, 1.54) is 7.11 Å². The normalized spacial score (nSPS) is 9.93. The van der Waals surface area contributed by atoms with Crippen molar-refractivity contribution in [2.45, 2.75) is 19.8 Å². The number of benzene rings is 2. The quantitative estimate of drug-likeness (QED) is 0.319. The molecule has 0 aliphatic rings. The molecule has 0 saturated heterocycles. The first-order chi connectivity index (χ1) is 14.5. The number of hydrogen-bond donors (Lipinski definition) is 3. The highest BCUT2D eigenvalue weighted by molar-refractivity contribution is 7.80. The first-order valence-corrected chi connectivity index (χ1v) is 9.83. The number of methoxy groups -OCH3 is 1. The van der Waals surface area contributed by atoms with Crippen LogP contribution in [0.15, 0.2) is 48.5 Å². The molecule has 160 valence electrons. The third kappa shape index (κ3) is 7.59. The van der Waals surface area contributed by atoms with Crippen molar-refractivity contribution in [1.29, 1.82) is 0 Å². The van der Waals surface area contributed by atoms with Crippen molar-refractivity contribution in [2.24, 2.45) is 0 Å². The molecular formula is C21H25N3O5S. The number of thiocarbonyl (C=S) groups is 1. The summed E-state index contributed by atoms with van der Waals surface area (Å²) in [5.41, 5.74) is 5.21. The summed E-state index contributed by atoms with van der Waals surface area (Å²) < 4.78 is 16.1. The fraction of sp³-hybridized carbons (Fsp3) is 0.286. The fourth-order valence-corrected chi connectivity index (χ4v) is 2.46. The van der Waals surface area contributed by atoms with Crippen molar-refractivity contribution in [1.82, 2.24) is 16.2 Å². The number of ether oxygens (including phenoxy) is 3. The highest BCUT2D eigenvalue weighted by Crippen LogP contribution is 2.25. The van der Waals surface area contributed by atoms with Crippen LogP contribution in [0.2, 0.25) is 0 Å². The molecule has 2 rings (SSSR count). The predicted molar refractivity (Wildman–Crippen MR) is 117 cm³/mol. The highest BCUT2D eigenvalue weighted by Gasteiger charge is 2.11. The molecule has 2 aromatic carbocycles. The van der Waals surface area contributed by atoms with E-state index >= 15 is 0 Å². The Morgan fingerprint density at radius 2 is 1.77 bits per heavy atom. The van der Waals surface area contributed by atoms with Crippen LogP contribution in [-0.4, -0.2) is 37.3 Å². The van der Waals surface area contributed by atoms with Crippen molar-refractivity contribution in [3.63, 3.8) is 0 Å². The summed E-state index contributed by atoms with van der Waals surface area (Å²) in [6, 6.07) is 13.8. The molecule has 0 fully saturated rings. The minimum Gasteiger partial charge on any atom is -0.494 e. The molecule has 0 heterocycles. The summed E-state index contributed by atoms with van der Waals surface area (Å²) in [7, 11) is 1.51. The molecular weight excluding hydrogens is 406 g/mol. The van der Waals surface area contributed by atoms with E-state index in [4.69, 9.17) is 26.4 Å². The number of hydrazine groups is 1. The van der Waals surface area contributed by atoms with Crippen LogP contribution in [0.3, 0.4) is 0 Å². The van der Waals surface area contributed by atoms with E-state index < -0.39 is 11.8 Å². The lowest BCUT2D eigenvalue weighted by atomic mass is 10.2. The maximum absolute atomic E-state index is 12.3. The Hall–Kier alpha value is -3.33. The van der Waals surface area contributed by atoms with Crippen molar-refractivity contribution < 1.29 is 23.8 Å². The van der Waals surface area contributed by atoms with Crippen LogP contribution in [0.5, 0.6) is 17.2 Å². The van der Waals surface area contributed by atoms with Gasteiger partial charge in [-0.3, -0.25) is 25.8 Å². The molecule has 3 N–H and O–H groups in total. The first kappa shape index (κ1) is 23.0. The lowest BCUT2D eigenvalue weighted by Gasteiger charge is -2.13. The van der Waals surface area contributed by atoms with Crippen LogP contribution in [0.4, 0.5) is 0 Å². The van der Waals surface area contributed by atoms with Crippen molar-refractivity contribution >= 4 is 29.1 Å². The number of para-hydroxylation sites is 2. The van der Waals surface area contributed by atoms with E-state index in [0.29, 0.717) is 29.4 Å². The van der Waals surface area contributed by atoms with E-state index in [1.54, 1.807) is 48.5 Å². The van der Waals surface area contributed by atoms with E-state index in [-0.39, 0.29) is 11.7 Å². The third-order valence-corrected chi connectivity index (χ3v) is 4.04. The van der Waals surface area contributed by atoms with Crippen LogP contribution >= 0.6 is 12.2 Å². The topological polar surface area (TPSA) is 97.9 Å². The molecule has 0 unspecified atom stereocenters. The second-order valence-electron chi connectivity index (χ2n) is 6.13. The van der Waals surface area contributed by atoms with Gasteiger partial charge in [0.1, 0.15) is 5.75 Å². The monoisotopic (exact) mass is 431 g/mol. The molecule has 2 amide bonds. The number of hydrogen-bond acceptors (Lipinski definition) is 6. The molecule has 0 aliphatic carbocycles. The average Bonchev–Trinajstić information content (AvgIpc) is 2.76. The molecule has 9 heteroatoms.